The summed E-state index contributed by atoms with van der Waals surface area (Å²) in [4.78, 5) is 38.0. The molecule has 372 valence electrons. The average Bonchev–Trinajstić information content (AvgIpc) is 3.33. The van der Waals surface area contributed by atoms with E-state index in [1.54, 1.807) is 0 Å². The Morgan fingerprint density at radius 1 is 0.328 bits per heavy atom. The molecule has 6 heteroatoms. The van der Waals surface area contributed by atoms with Crippen LogP contribution in [-0.2, 0) is 28.6 Å². The predicted molar refractivity (Wildman–Crippen MR) is 288 cm³/mol. The molecule has 0 fully saturated rings. The van der Waals surface area contributed by atoms with Gasteiger partial charge in [0.2, 0.25) is 0 Å². The lowest BCUT2D eigenvalue weighted by Crippen LogP contribution is -2.30. The van der Waals surface area contributed by atoms with Crippen molar-refractivity contribution < 1.29 is 28.6 Å². The van der Waals surface area contributed by atoms with Crippen molar-refractivity contribution in [2.24, 2.45) is 0 Å². The van der Waals surface area contributed by atoms with E-state index in [4.69, 9.17) is 14.2 Å². The fraction of sp³-hybridized carbons (Fsp3) is 0.525. The summed E-state index contributed by atoms with van der Waals surface area (Å²) in [6, 6.07) is 0. The number of rotatable bonds is 44. The minimum Gasteiger partial charge on any atom is -0.462 e. The molecule has 0 heterocycles. The van der Waals surface area contributed by atoms with Gasteiger partial charge in [-0.15, -0.1) is 0 Å². The summed E-state index contributed by atoms with van der Waals surface area (Å²) in [5.74, 6) is -1.08. The number of ether oxygens (including phenoxy) is 3. The Kier molecular flexibility index (Phi) is 49.7. The fourth-order valence-electron chi connectivity index (χ4n) is 6.33. The Balaban J connectivity index is 4.63. The highest BCUT2D eigenvalue weighted by molar-refractivity contribution is 5.71. The van der Waals surface area contributed by atoms with Crippen molar-refractivity contribution in [3.05, 3.63) is 158 Å². The van der Waals surface area contributed by atoms with E-state index in [1.165, 1.54) is 19.3 Å². The lowest BCUT2D eigenvalue weighted by molar-refractivity contribution is -0.166. The van der Waals surface area contributed by atoms with Gasteiger partial charge < -0.3 is 14.2 Å². The molecule has 0 rings (SSSR count). The first kappa shape index (κ1) is 62.0. The number of carbonyl (C=O) groups excluding carboxylic acids is 3. The number of allylic oxidation sites excluding steroid dienone is 26. The standard InChI is InChI=1S/C61H92O6/c1-4-7-10-13-16-19-22-25-28-30-31-34-36-39-42-45-48-51-54-60(63)66-57-58(56-65-59(62)53-50-47-44-41-38-35-32-27-24-21-18-15-12-9-6-3)67-61(64)55-52-49-46-43-40-37-33-29-26-23-20-17-14-11-8-5-2/h8-9,11-12,15-22,24-32,34,37,40,46,49,58H,4-7,10,13-14,23,33,35-36,38-39,41-45,47-48,50-57H2,1-3H3/b11-8-,12-9-,18-15-,19-16-,20-17-,24-21-,25-22-,29-26-,30-28-,32-27-,34-31-,40-37-,49-46-. The summed E-state index contributed by atoms with van der Waals surface area (Å²) in [5.41, 5.74) is 0. The van der Waals surface area contributed by atoms with Crippen molar-refractivity contribution in [3.63, 3.8) is 0 Å². The second-order valence-electron chi connectivity index (χ2n) is 16.5. The summed E-state index contributed by atoms with van der Waals surface area (Å²) >= 11 is 0. The van der Waals surface area contributed by atoms with Crippen molar-refractivity contribution in [3.8, 4) is 0 Å². The summed E-state index contributed by atoms with van der Waals surface area (Å²) in [6.45, 7) is 6.21. The lowest BCUT2D eigenvalue weighted by Gasteiger charge is -2.18. The van der Waals surface area contributed by atoms with Crippen LogP contribution in [-0.4, -0.2) is 37.2 Å². The molecule has 0 aliphatic carbocycles. The molecule has 0 spiro atoms. The molecule has 0 N–H and O–H groups in total. The predicted octanol–water partition coefficient (Wildman–Crippen LogP) is 17.4. The third-order valence-electron chi connectivity index (χ3n) is 10.2. The average molecular weight is 921 g/mol. The minimum absolute atomic E-state index is 0.136. The Morgan fingerprint density at radius 3 is 1.12 bits per heavy atom. The van der Waals surface area contributed by atoms with Gasteiger partial charge in [0.1, 0.15) is 13.2 Å². The van der Waals surface area contributed by atoms with Crippen molar-refractivity contribution in [2.75, 3.05) is 13.2 Å². The zero-order valence-electron chi connectivity index (χ0n) is 42.3. The van der Waals surface area contributed by atoms with Crippen LogP contribution < -0.4 is 0 Å². The van der Waals surface area contributed by atoms with Crippen LogP contribution in [0.25, 0.3) is 0 Å². The first-order chi connectivity index (χ1) is 33.0. The molecular formula is C61H92O6. The van der Waals surface area contributed by atoms with Crippen LogP contribution in [0.5, 0.6) is 0 Å². The van der Waals surface area contributed by atoms with E-state index in [-0.39, 0.29) is 31.6 Å². The van der Waals surface area contributed by atoms with E-state index in [2.05, 4.69) is 142 Å². The number of unbranched alkanes of at least 4 members (excludes halogenated alkanes) is 13. The summed E-state index contributed by atoms with van der Waals surface area (Å²) in [7, 11) is 0. The van der Waals surface area contributed by atoms with Crippen molar-refractivity contribution in [1.82, 2.24) is 0 Å². The summed E-state index contributed by atoms with van der Waals surface area (Å²) < 4.78 is 16.7. The zero-order chi connectivity index (χ0) is 48.6. The molecule has 0 aromatic heterocycles. The zero-order valence-corrected chi connectivity index (χ0v) is 42.3. The van der Waals surface area contributed by atoms with Gasteiger partial charge in [0.25, 0.3) is 0 Å². The molecule has 1 atom stereocenters. The van der Waals surface area contributed by atoms with Crippen LogP contribution in [0.4, 0.5) is 0 Å². The van der Waals surface area contributed by atoms with Gasteiger partial charge in [0.15, 0.2) is 6.10 Å². The molecule has 0 saturated heterocycles. The number of esters is 3. The van der Waals surface area contributed by atoms with Gasteiger partial charge in [-0.1, -0.05) is 230 Å². The quantitative estimate of drug-likeness (QED) is 0.0199. The van der Waals surface area contributed by atoms with E-state index in [0.29, 0.717) is 19.3 Å². The van der Waals surface area contributed by atoms with Gasteiger partial charge in [-0.2, -0.15) is 0 Å². The molecule has 0 aliphatic heterocycles. The fourth-order valence-corrected chi connectivity index (χ4v) is 6.33. The van der Waals surface area contributed by atoms with Crippen LogP contribution >= 0.6 is 0 Å². The van der Waals surface area contributed by atoms with Crippen molar-refractivity contribution in [1.29, 1.82) is 0 Å². The summed E-state index contributed by atoms with van der Waals surface area (Å²) in [6.07, 6.45) is 78.0. The van der Waals surface area contributed by atoms with E-state index in [1.807, 2.05) is 36.5 Å². The highest BCUT2D eigenvalue weighted by atomic mass is 16.6. The number of hydrogen-bond donors (Lipinski definition) is 0. The topological polar surface area (TPSA) is 78.9 Å². The van der Waals surface area contributed by atoms with Gasteiger partial charge in [-0.25, -0.2) is 0 Å². The number of hydrogen-bond acceptors (Lipinski definition) is 6. The first-order valence-electron chi connectivity index (χ1n) is 26.1. The van der Waals surface area contributed by atoms with Crippen LogP contribution in [0.3, 0.4) is 0 Å². The Labute approximate surface area is 409 Å². The Bertz CT molecular complexity index is 1570. The van der Waals surface area contributed by atoms with E-state index in [9.17, 15) is 14.4 Å². The van der Waals surface area contributed by atoms with Gasteiger partial charge in [0.05, 0.1) is 0 Å². The Hall–Kier alpha value is -4.97. The van der Waals surface area contributed by atoms with Gasteiger partial charge in [-0.05, 0) is 96.3 Å². The molecule has 0 saturated carbocycles. The molecule has 0 bridgehead atoms. The third kappa shape index (κ3) is 51.9. The Morgan fingerprint density at radius 2 is 0.687 bits per heavy atom. The molecule has 1 unspecified atom stereocenters. The maximum Gasteiger partial charge on any atom is 0.306 e. The molecule has 0 amide bonds. The molecule has 0 aliphatic rings. The van der Waals surface area contributed by atoms with Crippen molar-refractivity contribution in [2.45, 2.75) is 194 Å². The largest absolute Gasteiger partial charge is 0.462 e. The van der Waals surface area contributed by atoms with E-state index < -0.39 is 12.1 Å². The maximum absolute atomic E-state index is 12.8. The van der Waals surface area contributed by atoms with Crippen molar-refractivity contribution >= 4 is 17.9 Å². The van der Waals surface area contributed by atoms with E-state index >= 15 is 0 Å². The maximum atomic E-state index is 12.8. The second-order valence-corrected chi connectivity index (χ2v) is 16.5. The second kappa shape index (κ2) is 53.6. The highest BCUT2D eigenvalue weighted by Crippen LogP contribution is 2.12. The van der Waals surface area contributed by atoms with Gasteiger partial charge >= 0.3 is 17.9 Å². The van der Waals surface area contributed by atoms with Crippen LogP contribution in [0, 0.1) is 0 Å². The van der Waals surface area contributed by atoms with Gasteiger partial charge in [-0.3, -0.25) is 14.4 Å². The van der Waals surface area contributed by atoms with Crippen LogP contribution in [0.1, 0.15) is 188 Å². The van der Waals surface area contributed by atoms with Gasteiger partial charge in [0, 0.05) is 19.3 Å². The number of carbonyl (C=O) groups is 3. The molecule has 6 nitrogen and oxygen atoms in total. The molecular weight excluding hydrogens is 829 g/mol. The molecule has 0 radical (unpaired) electrons. The van der Waals surface area contributed by atoms with Crippen LogP contribution in [0.2, 0.25) is 0 Å². The molecule has 0 aromatic rings. The summed E-state index contributed by atoms with van der Waals surface area (Å²) in [5, 5.41) is 0. The molecule has 67 heavy (non-hydrogen) atoms. The molecule has 0 aromatic carbocycles. The smallest absolute Gasteiger partial charge is 0.306 e. The minimum atomic E-state index is -0.846. The normalized spacial score (nSPS) is 13.4. The first-order valence-corrected chi connectivity index (χ1v) is 26.1. The third-order valence-corrected chi connectivity index (χ3v) is 10.2. The van der Waals surface area contributed by atoms with Crippen LogP contribution in [0.15, 0.2) is 158 Å². The lowest BCUT2D eigenvalue weighted by atomic mass is 10.1. The van der Waals surface area contributed by atoms with E-state index in [0.717, 1.165) is 122 Å². The SMILES string of the molecule is CC\C=C/C=C\C=C/C=C\CCCCCCCC(=O)OCC(COC(=O)CCCCCCC\C=C/C=C\C=C/C=C\CCCCC)OC(=O)CC/C=C\C/C=C\C/C=C\C/C=C\C/C=C\CC. The highest BCUT2D eigenvalue weighted by Gasteiger charge is 2.19. The monoisotopic (exact) mass is 921 g/mol.